The lowest BCUT2D eigenvalue weighted by Gasteiger charge is -2.41. The summed E-state index contributed by atoms with van der Waals surface area (Å²) in [6, 6.07) is 22.0. The Balaban J connectivity index is 1.34. The first-order valence-electron chi connectivity index (χ1n) is 14.9. The molecule has 0 aliphatic carbocycles. The fourth-order valence-electron chi connectivity index (χ4n) is 6.39. The number of nitrogens with zero attached hydrogens (tertiary/aromatic N) is 5. The molecule has 5 rings (SSSR count). The first kappa shape index (κ1) is 31.6. The molecule has 2 saturated heterocycles. The van der Waals surface area contributed by atoms with Gasteiger partial charge in [0, 0.05) is 56.6 Å². The molecule has 0 aromatic heterocycles. The Morgan fingerprint density at radius 3 is 2.29 bits per heavy atom. The second-order valence-corrected chi connectivity index (χ2v) is 13.1. The topological polar surface area (TPSA) is 157 Å². The molecule has 11 nitrogen and oxygen atoms in total. The van der Waals surface area contributed by atoms with E-state index in [1.54, 1.807) is 29.2 Å². The van der Waals surface area contributed by atoms with Crippen LogP contribution in [0.2, 0.25) is 0 Å². The van der Waals surface area contributed by atoms with Gasteiger partial charge in [0.05, 0.1) is 17.9 Å². The van der Waals surface area contributed by atoms with Gasteiger partial charge in [-0.05, 0) is 74.2 Å². The molecule has 2 amide bonds. The van der Waals surface area contributed by atoms with Gasteiger partial charge in [0.2, 0.25) is 15.9 Å². The van der Waals surface area contributed by atoms with Crippen molar-refractivity contribution in [2.75, 3.05) is 60.5 Å². The SMILES string of the molecule is Cc1cc(C)c(N(CC(N)=O)C2CCN(c3ccc#cc3C#N)CC2)cc1C(=O)N1CCN(c2ccccc2S(N)(=O)=O)CC1. The molecule has 4 N–H and O–H groups in total. The van der Waals surface area contributed by atoms with Crippen LogP contribution in [0, 0.1) is 37.3 Å². The molecule has 0 radical (unpaired) electrons. The summed E-state index contributed by atoms with van der Waals surface area (Å²) in [5.74, 6) is -0.579. The van der Waals surface area contributed by atoms with E-state index in [1.807, 2.05) is 41.8 Å². The normalized spacial score (nSPS) is 15.7. The Morgan fingerprint density at radius 1 is 0.978 bits per heavy atom. The van der Waals surface area contributed by atoms with Gasteiger partial charge in [-0.3, -0.25) is 9.59 Å². The van der Waals surface area contributed by atoms with Crippen LogP contribution in [0.5, 0.6) is 0 Å². The van der Waals surface area contributed by atoms with Crippen molar-refractivity contribution >= 4 is 38.9 Å². The highest BCUT2D eigenvalue weighted by molar-refractivity contribution is 7.89. The number of carbonyl (C=O) groups excluding carboxylic acids is 2. The number of piperazine rings is 1. The van der Waals surface area contributed by atoms with Crippen LogP contribution in [-0.2, 0) is 14.8 Å². The highest BCUT2D eigenvalue weighted by Gasteiger charge is 2.30. The number of rotatable bonds is 8. The van der Waals surface area contributed by atoms with Crippen LogP contribution in [-0.4, -0.2) is 77.0 Å². The van der Waals surface area contributed by atoms with E-state index in [4.69, 9.17) is 10.9 Å². The summed E-state index contributed by atoms with van der Waals surface area (Å²) >= 11 is 0. The van der Waals surface area contributed by atoms with Gasteiger partial charge < -0.3 is 25.3 Å². The molecule has 2 heterocycles. The van der Waals surface area contributed by atoms with Crippen LogP contribution >= 0.6 is 0 Å². The van der Waals surface area contributed by atoms with Crippen molar-refractivity contribution in [1.29, 1.82) is 5.26 Å². The van der Waals surface area contributed by atoms with Crippen molar-refractivity contribution < 1.29 is 18.0 Å². The zero-order valence-corrected chi connectivity index (χ0v) is 26.3. The van der Waals surface area contributed by atoms with E-state index in [0.29, 0.717) is 56.1 Å². The molecule has 0 atom stereocenters. The molecule has 45 heavy (non-hydrogen) atoms. The van der Waals surface area contributed by atoms with Gasteiger partial charge >= 0.3 is 0 Å². The highest BCUT2D eigenvalue weighted by Crippen LogP contribution is 2.32. The lowest BCUT2D eigenvalue weighted by Crippen LogP contribution is -2.49. The Kier molecular flexibility index (Phi) is 9.19. The molecule has 0 spiro atoms. The van der Waals surface area contributed by atoms with Crippen molar-refractivity contribution in [3.63, 3.8) is 0 Å². The molecule has 3 aromatic carbocycles. The van der Waals surface area contributed by atoms with Gasteiger partial charge in [-0.15, -0.1) is 0 Å². The molecule has 2 aliphatic heterocycles. The minimum absolute atomic E-state index is 0.00494. The number of anilines is 3. The predicted molar refractivity (Wildman–Crippen MR) is 172 cm³/mol. The van der Waals surface area contributed by atoms with Gasteiger partial charge in [-0.25, -0.2) is 13.6 Å². The number of hydrogen-bond acceptors (Lipinski definition) is 8. The van der Waals surface area contributed by atoms with Crippen LogP contribution < -0.4 is 25.6 Å². The monoisotopic (exact) mass is 627 g/mol. The van der Waals surface area contributed by atoms with Crippen molar-refractivity contribution in [2.45, 2.75) is 37.6 Å². The molecule has 234 valence electrons. The standard InChI is InChI=1S/C33H37N7O4S/c1-23-19-24(2)30(40(22-32(35)41)26-11-13-37(14-12-26)28-8-4-3-7-25(28)21-34)20-27(23)33(42)39-17-15-38(16-18-39)29-9-5-6-10-31(29)45(36,43)44/h4-6,8-10,19-20,26H,11-18,22H2,1-2H3,(H2,35,41)(H2,36,43,44). The number of piperidine rings is 1. The van der Waals surface area contributed by atoms with Crippen molar-refractivity contribution in [3.05, 3.63) is 82.9 Å². The summed E-state index contributed by atoms with van der Waals surface area (Å²) in [7, 11) is -3.89. The number of primary amides is 1. The van der Waals surface area contributed by atoms with Crippen LogP contribution in [0.1, 0.15) is 39.9 Å². The summed E-state index contributed by atoms with van der Waals surface area (Å²) in [6.45, 7) is 6.97. The summed E-state index contributed by atoms with van der Waals surface area (Å²) < 4.78 is 24.3. The third kappa shape index (κ3) is 6.83. The maximum atomic E-state index is 13.9. The summed E-state index contributed by atoms with van der Waals surface area (Å²) in [4.78, 5) is 34.1. The van der Waals surface area contributed by atoms with E-state index >= 15 is 0 Å². The second-order valence-electron chi connectivity index (χ2n) is 11.5. The minimum Gasteiger partial charge on any atom is -0.370 e. The van der Waals surface area contributed by atoms with Crippen LogP contribution in [0.4, 0.5) is 17.1 Å². The maximum Gasteiger partial charge on any atom is 0.254 e. The Hall–Kier alpha value is -4.78. The number of para-hydroxylation sites is 1. The molecular formula is C33H37N7O4S. The van der Waals surface area contributed by atoms with Gasteiger partial charge in [-0.1, -0.05) is 24.3 Å². The van der Waals surface area contributed by atoms with Gasteiger partial charge in [-0.2, -0.15) is 5.26 Å². The third-order valence-electron chi connectivity index (χ3n) is 8.62. The zero-order valence-electron chi connectivity index (χ0n) is 25.5. The van der Waals surface area contributed by atoms with E-state index in [9.17, 15) is 23.3 Å². The number of nitriles is 1. The first-order chi connectivity index (χ1) is 21.5. The number of hydrogen-bond donors (Lipinski definition) is 2. The Labute approximate surface area is 264 Å². The molecule has 3 aromatic rings. The average Bonchev–Trinajstić information content (AvgIpc) is 3.03. The Bertz CT molecular complexity index is 1740. The van der Waals surface area contributed by atoms with E-state index in [1.165, 1.54) is 6.07 Å². The molecule has 0 saturated carbocycles. The van der Waals surface area contributed by atoms with Crippen LogP contribution in [0.25, 0.3) is 0 Å². The lowest BCUT2D eigenvalue weighted by atomic mass is 9.97. The van der Waals surface area contributed by atoms with Crippen molar-refractivity contribution in [2.24, 2.45) is 10.9 Å². The number of amides is 2. The zero-order chi connectivity index (χ0) is 32.3. The largest absolute Gasteiger partial charge is 0.370 e. The fourth-order valence-corrected chi connectivity index (χ4v) is 7.15. The average molecular weight is 628 g/mol. The van der Waals surface area contributed by atoms with E-state index in [2.05, 4.69) is 23.1 Å². The molecule has 0 unspecified atom stereocenters. The van der Waals surface area contributed by atoms with Crippen LogP contribution in [0.15, 0.2) is 53.4 Å². The van der Waals surface area contributed by atoms with Crippen molar-refractivity contribution in [1.82, 2.24) is 4.90 Å². The lowest BCUT2D eigenvalue weighted by molar-refractivity contribution is -0.116. The minimum atomic E-state index is -3.89. The van der Waals surface area contributed by atoms with E-state index in [-0.39, 0.29) is 23.4 Å². The number of benzene rings is 2. The molecular weight excluding hydrogens is 590 g/mol. The first-order valence-corrected chi connectivity index (χ1v) is 16.4. The number of nitrogens with two attached hydrogens (primary N) is 2. The summed E-state index contributed by atoms with van der Waals surface area (Å²) in [5, 5.41) is 15.0. The molecule has 0 bridgehead atoms. The fraction of sp³-hybridized carbons (Fsp3) is 0.364. The quantitative estimate of drug-likeness (QED) is 0.385. The van der Waals surface area contributed by atoms with Crippen molar-refractivity contribution in [3.8, 4) is 6.07 Å². The molecule has 2 fully saturated rings. The summed E-state index contributed by atoms with van der Waals surface area (Å²) in [6.07, 6.45) is 1.46. The van der Waals surface area contributed by atoms with Crippen LogP contribution in [0.3, 0.4) is 0 Å². The number of aryl methyl sites for hydroxylation is 2. The highest BCUT2D eigenvalue weighted by atomic mass is 32.2. The Morgan fingerprint density at radius 2 is 1.64 bits per heavy atom. The van der Waals surface area contributed by atoms with Gasteiger partial charge in [0.15, 0.2) is 0 Å². The third-order valence-corrected chi connectivity index (χ3v) is 9.58. The summed E-state index contributed by atoms with van der Waals surface area (Å²) in [5.41, 5.74) is 10.7. The number of carbonyl (C=O) groups is 2. The second kappa shape index (κ2) is 13.1. The molecule has 12 heteroatoms. The number of primary sulfonamides is 1. The maximum absolute atomic E-state index is 13.9. The number of sulfonamides is 1. The van der Waals surface area contributed by atoms with E-state index < -0.39 is 15.9 Å². The van der Waals surface area contributed by atoms with Gasteiger partial charge in [0.25, 0.3) is 5.91 Å². The molecule has 2 aliphatic rings. The predicted octanol–water partition coefficient (Wildman–Crippen LogP) is 2.35. The van der Waals surface area contributed by atoms with Gasteiger partial charge in [0.1, 0.15) is 16.5 Å². The van der Waals surface area contributed by atoms with E-state index in [0.717, 1.165) is 35.3 Å². The smallest absolute Gasteiger partial charge is 0.254 e.